The summed E-state index contributed by atoms with van der Waals surface area (Å²) in [4.78, 5) is 33.5. The van der Waals surface area contributed by atoms with Crippen LogP contribution in [-0.4, -0.2) is 22.9 Å². The number of rotatable bonds is 26. The molecule has 0 aromatic rings. The number of amides is 2. The molecular formula is C32H63NO4. The number of hydrogen-bond acceptors (Lipinski definition) is 3. The predicted molar refractivity (Wildman–Crippen MR) is 158 cm³/mol. The molecule has 0 saturated heterocycles. The van der Waals surface area contributed by atoms with E-state index in [0.717, 1.165) is 38.5 Å². The van der Waals surface area contributed by atoms with Crippen LogP contribution in [0.25, 0.3) is 0 Å². The summed E-state index contributed by atoms with van der Waals surface area (Å²) in [6, 6.07) is 0. The van der Waals surface area contributed by atoms with Crippen molar-refractivity contribution in [2.24, 2.45) is 0 Å². The lowest BCUT2D eigenvalue weighted by molar-refractivity contribution is -0.137. The van der Waals surface area contributed by atoms with Gasteiger partial charge in [0.2, 0.25) is 11.8 Å². The summed E-state index contributed by atoms with van der Waals surface area (Å²) in [5.74, 6) is -0.842. The highest BCUT2D eigenvalue weighted by molar-refractivity contribution is 5.95. The van der Waals surface area contributed by atoms with E-state index >= 15 is 0 Å². The van der Waals surface area contributed by atoms with Crippen molar-refractivity contribution in [1.29, 1.82) is 0 Å². The van der Waals surface area contributed by atoms with E-state index in [9.17, 15) is 14.4 Å². The number of carbonyl (C=O) groups excluding carboxylic acids is 2. The first kappa shape index (κ1) is 37.8. The predicted octanol–water partition coefficient (Wildman–Crippen LogP) is 9.90. The molecule has 0 bridgehead atoms. The highest BCUT2D eigenvalue weighted by atomic mass is 16.4. The molecule has 0 radical (unpaired) electrons. The number of nitrogens with one attached hydrogen (secondary N) is 1. The zero-order chi connectivity index (χ0) is 27.8. The molecule has 0 aliphatic rings. The van der Waals surface area contributed by atoms with Crippen molar-refractivity contribution in [3.05, 3.63) is 0 Å². The SMILES string of the molecule is CCCCCCCCCC(=O)NC(=O)CCCCCCCCC.CCCCCCCCCCCC(=O)O. The fourth-order valence-corrected chi connectivity index (χ4v) is 4.35. The molecular weight excluding hydrogens is 462 g/mol. The van der Waals surface area contributed by atoms with E-state index in [1.807, 2.05) is 0 Å². The Balaban J connectivity index is 0. The Labute approximate surface area is 230 Å². The van der Waals surface area contributed by atoms with Gasteiger partial charge in [0.25, 0.3) is 0 Å². The fourth-order valence-electron chi connectivity index (χ4n) is 4.35. The zero-order valence-corrected chi connectivity index (χ0v) is 25.1. The van der Waals surface area contributed by atoms with Crippen LogP contribution >= 0.6 is 0 Å². The van der Waals surface area contributed by atoms with E-state index in [4.69, 9.17) is 5.11 Å². The summed E-state index contributed by atoms with van der Waals surface area (Å²) in [5.41, 5.74) is 0. The van der Waals surface area contributed by atoms with Gasteiger partial charge in [0, 0.05) is 19.3 Å². The van der Waals surface area contributed by atoms with Gasteiger partial charge < -0.3 is 5.11 Å². The highest BCUT2D eigenvalue weighted by Crippen LogP contribution is 2.11. The minimum absolute atomic E-state index is 0.0912. The Kier molecular flexibility index (Phi) is 33.3. The van der Waals surface area contributed by atoms with Gasteiger partial charge in [-0.3, -0.25) is 19.7 Å². The third-order valence-corrected chi connectivity index (χ3v) is 6.79. The molecule has 0 unspecified atom stereocenters. The van der Waals surface area contributed by atoms with E-state index in [-0.39, 0.29) is 11.8 Å². The summed E-state index contributed by atoms with van der Waals surface area (Å²) < 4.78 is 0. The Morgan fingerprint density at radius 1 is 0.405 bits per heavy atom. The first-order valence-corrected chi connectivity index (χ1v) is 16.0. The molecule has 37 heavy (non-hydrogen) atoms. The third-order valence-electron chi connectivity index (χ3n) is 6.79. The second kappa shape index (κ2) is 32.6. The maximum atomic E-state index is 11.7. The van der Waals surface area contributed by atoms with Crippen LogP contribution in [0.1, 0.15) is 188 Å². The van der Waals surface area contributed by atoms with Gasteiger partial charge in [0.05, 0.1) is 0 Å². The molecule has 2 amide bonds. The average Bonchev–Trinajstić information content (AvgIpc) is 2.87. The molecule has 0 aromatic heterocycles. The smallest absolute Gasteiger partial charge is 0.303 e. The lowest BCUT2D eigenvalue weighted by atomic mass is 10.1. The number of aliphatic carboxylic acids is 1. The number of hydrogen-bond donors (Lipinski definition) is 2. The van der Waals surface area contributed by atoms with Gasteiger partial charge in [0.15, 0.2) is 0 Å². The Morgan fingerprint density at radius 3 is 0.919 bits per heavy atom. The van der Waals surface area contributed by atoms with Crippen molar-refractivity contribution in [1.82, 2.24) is 5.32 Å². The van der Waals surface area contributed by atoms with E-state index in [1.165, 1.54) is 109 Å². The second-order valence-electron chi connectivity index (χ2n) is 10.7. The van der Waals surface area contributed by atoms with Crippen molar-refractivity contribution >= 4 is 17.8 Å². The van der Waals surface area contributed by atoms with E-state index in [2.05, 4.69) is 26.1 Å². The molecule has 0 atom stereocenters. The molecule has 0 fully saturated rings. The van der Waals surface area contributed by atoms with Crippen LogP contribution in [0.4, 0.5) is 0 Å². The van der Waals surface area contributed by atoms with Crippen molar-refractivity contribution in [3.63, 3.8) is 0 Å². The number of carbonyl (C=O) groups is 3. The molecule has 0 aromatic carbocycles. The number of imide groups is 1. The normalized spacial score (nSPS) is 10.6. The molecule has 5 heteroatoms. The van der Waals surface area contributed by atoms with Gasteiger partial charge in [-0.15, -0.1) is 0 Å². The molecule has 0 spiro atoms. The van der Waals surface area contributed by atoms with Crippen molar-refractivity contribution < 1.29 is 19.5 Å². The Morgan fingerprint density at radius 2 is 0.649 bits per heavy atom. The molecule has 0 aliphatic heterocycles. The minimum atomic E-state index is -0.659. The number of unbranched alkanes of at least 4 members (excludes halogenated alkanes) is 20. The van der Waals surface area contributed by atoms with Gasteiger partial charge in [-0.1, -0.05) is 149 Å². The summed E-state index contributed by atoms with van der Waals surface area (Å²) >= 11 is 0. The first-order valence-electron chi connectivity index (χ1n) is 16.0. The van der Waals surface area contributed by atoms with Crippen molar-refractivity contribution in [3.8, 4) is 0 Å². The van der Waals surface area contributed by atoms with Crippen LogP contribution in [0.5, 0.6) is 0 Å². The van der Waals surface area contributed by atoms with E-state index in [0.29, 0.717) is 19.3 Å². The van der Waals surface area contributed by atoms with Gasteiger partial charge in [-0.2, -0.15) is 0 Å². The summed E-state index contributed by atoms with van der Waals surface area (Å²) in [6.07, 6.45) is 29.2. The minimum Gasteiger partial charge on any atom is -0.481 e. The maximum absolute atomic E-state index is 11.7. The summed E-state index contributed by atoms with van der Waals surface area (Å²) in [7, 11) is 0. The fraction of sp³-hybridized carbons (Fsp3) is 0.906. The van der Waals surface area contributed by atoms with Crippen LogP contribution < -0.4 is 5.32 Å². The molecule has 2 N–H and O–H groups in total. The van der Waals surface area contributed by atoms with Gasteiger partial charge in [-0.05, 0) is 19.3 Å². The molecule has 220 valence electrons. The number of carboxylic acid groups (broad SMARTS) is 1. The highest BCUT2D eigenvalue weighted by Gasteiger charge is 2.07. The quantitative estimate of drug-likeness (QED) is 0.110. The molecule has 0 saturated carbocycles. The van der Waals surface area contributed by atoms with Gasteiger partial charge in [-0.25, -0.2) is 0 Å². The molecule has 0 aliphatic carbocycles. The Bertz CT molecular complexity index is 479. The van der Waals surface area contributed by atoms with Crippen LogP contribution in [0, 0.1) is 0 Å². The monoisotopic (exact) mass is 525 g/mol. The lowest BCUT2D eigenvalue weighted by Gasteiger charge is -2.05. The largest absolute Gasteiger partial charge is 0.481 e. The summed E-state index contributed by atoms with van der Waals surface area (Å²) in [5, 5.41) is 10.9. The topological polar surface area (TPSA) is 83.5 Å². The maximum Gasteiger partial charge on any atom is 0.303 e. The van der Waals surface area contributed by atoms with Crippen LogP contribution in [0.2, 0.25) is 0 Å². The molecule has 5 nitrogen and oxygen atoms in total. The van der Waals surface area contributed by atoms with E-state index < -0.39 is 5.97 Å². The standard InChI is InChI=1S/C20H39NO2.C12H24O2/c1-3-5-7-9-11-13-15-17-19(22)21-20(23)18-16-14-12-10-8-6-4-2;1-2-3-4-5-6-7-8-9-10-11-12(13)14/h3-18H2,1-2H3,(H,21,22,23);2-11H2,1H3,(H,13,14). The van der Waals surface area contributed by atoms with Crippen LogP contribution in [0.15, 0.2) is 0 Å². The first-order chi connectivity index (χ1) is 18.0. The second-order valence-corrected chi connectivity index (χ2v) is 10.7. The van der Waals surface area contributed by atoms with Crippen LogP contribution in [0.3, 0.4) is 0 Å². The number of carboxylic acids is 1. The van der Waals surface area contributed by atoms with Crippen molar-refractivity contribution in [2.45, 2.75) is 188 Å². The molecule has 0 rings (SSSR count). The zero-order valence-electron chi connectivity index (χ0n) is 25.1. The van der Waals surface area contributed by atoms with E-state index in [1.54, 1.807) is 0 Å². The average molecular weight is 526 g/mol. The van der Waals surface area contributed by atoms with Gasteiger partial charge in [0.1, 0.15) is 0 Å². The third kappa shape index (κ3) is 36.8. The summed E-state index contributed by atoms with van der Waals surface area (Å²) in [6.45, 7) is 6.66. The Hall–Kier alpha value is -1.39. The van der Waals surface area contributed by atoms with Crippen molar-refractivity contribution in [2.75, 3.05) is 0 Å². The lowest BCUT2D eigenvalue weighted by Crippen LogP contribution is -2.29. The van der Waals surface area contributed by atoms with Gasteiger partial charge >= 0.3 is 5.97 Å². The van der Waals surface area contributed by atoms with Crippen LogP contribution in [-0.2, 0) is 14.4 Å². The molecule has 0 heterocycles.